The van der Waals surface area contributed by atoms with Gasteiger partial charge in [0.15, 0.2) is 24.6 Å². The maximum atomic E-state index is 13.4. The van der Waals surface area contributed by atoms with Gasteiger partial charge in [0, 0.05) is 44.3 Å². The molecule has 1 N–H and O–H groups in total. The highest BCUT2D eigenvalue weighted by atomic mass is 16.7. The van der Waals surface area contributed by atoms with Crippen molar-refractivity contribution in [1.82, 2.24) is 4.90 Å². The van der Waals surface area contributed by atoms with Crippen molar-refractivity contribution in [3.63, 3.8) is 0 Å². The van der Waals surface area contributed by atoms with Crippen LogP contribution in [0.4, 0.5) is 0 Å². The van der Waals surface area contributed by atoms with E-state index in [2.05, 4.69) is 44.7 Å². The van der Waals surface area contributed by atoms with E-state index in [9.17, 15) is 24.3 Å². The predicted octanol–water partition coefficient (Wildman–Crippen LogP) is 5.58. The Morgan fingerprint density at radius 1 is 0.755 bits per heavy atom. The van der Waals surface area contributed by atoms with E-state index >= 15 is 0 Å². The number of esters is 4. The molecular formula is C41H51NO11. The summed E-state index contributed by atoms with van der Waals surface area (Å²) < 4.78 is 34.7. The van der Waals surface area contributed by atoms with Gasteiger partial charge in [-0.25, -0.2) is 4.79 Å². The van der Waals surface area contributed by atoms with Crippen LogP contribution < -0.4 is 4.74 Å². The first-order valence-corrected chi connectivity index (χ1v) is 17.9. The predicted molar refractivity (Wildman–Crippen MR) is 195 cm³/mol. The van der Waals surface area contributed by atoms with Crippen molar-refractivity contribution in [2.24, 2.45) is 0 Å². The van der Waals surface area contributed by atoms with Gasteiger partial charge in [0.2, 0.25) is 0 Å². The fraction of sp³-hybridized carbons (Fsp3) is 0.463. The van der Waals surface area contributed by atoms with Crippen molar-refractivity contribution in [2.45, 2.75) is 110 Å². The lowest BCUT2D eigenvalue weighted by atomic mass is 9.86. The van der Waals surface area contributed by atoms with Gasteiger partial charge in [0.1, 0.15) is 11.9 Å². The van der Waals surface area contributed by atoms with Gasteiger partial charge in [-0.1, -0.05) is 54.6 Å². The highest BCUT2D eigenvalue weighted by Gasteiger charge is 2.52. The Morgan fingerprint density at radius 3 is 1.89 bits per heavy atom. The Labute approximate surface area is 311 Å². The summed E-state index contributed by atoms with van der Waals surface area (Å²) in [6, 6.07) is 24.8. The summed E-state index contributed by atoms with van der Waals surface area (Å²) in [5.74, 6) is -2.46. The molecule has 0 bridgehead atoms. The van der Waals surface area contributed by atoms with Crippen LogP contribution in [0.15, 0.2) is 78.9 Å². The first-order valence-electron chi connectivity index (χ1n) is 17.9. The van der Waals surface area contributed by atoms with Crippen molar-refractivity contribution in [3.8, 4) is 5.75 Å². The van der Waals surface area contributed by atoms with Gasteiger partial charge < -0.3 is 33.5 Å². The molecule has 1 saturated heterocycles. The number of ether oxygens (including phenoxy) is 6. The highest BCUT2D eigenvalue weighted by Crippen LogP contribution is 2.37. The molecule has 53 heavy (non-hydrogen) atoms. The molecule has 1 fully saturated rings. The lowest BCUT2D eigenvalue weighted by molar-refractivity contribution is -0.310. The summed E-state index contributed by atoms with van der Waals surface area (Å²) in [7, 11) is 0. The van der Waals surface area contributed by atoms with Crippen molar-refractivity contribution >= 4 is 23.9 Å². The van der Waals surface area contributed by atoms with Gasteiger partial charge in [-0.05, 0) is 76.1 Å². The van der Waals surface area contributed by atoms with Crippen LogP contribution in [0.5, 0.6) is 5.75 Å². The lowest BCUT2D eigenvalue weighted by Gasteiger charge is -2.43. The molecule has 1 heterocycles. The van der Waals surface area contributed by atoms with E-state index in [4.69, 9.17) is 28.4 Å². The SMILES string of the molecule is CC(=O)O[C@@H]1[C@@H](OC(C)=O)[C@H](OCc2ccc(OC(=O)c3ccccc3)c(C(CCN(C(C)C)C(C)C)c3ccccc3)c2)O[C@H](CO)[C@H]1OC(C)=O. The van der Waals surface area contributed by atoms with E-state index in [-0.39, 0.29) is 12.5 Å². The Hall–Kier alpha value is -4.62. The molecule has 6 atom stereocenters. The van der Waals surface area contributed by atoms with Gasteiger partial charge >= 0.3 is 23.9 Å². The van der Waals surface area contributed by atoms with Crippen molar-refractivity contribution in [2.75, 3.05) is 13.2 Å². The van der Waals surface area contributed by atoms with Crippen LogP contribution in [0.3, 0.4) is 0 Å². The molecule has 0 radical (unpaired) electrons. The molecule has 0 aromatic heterocycles. The van der Waals surface area contributed by atoms with Crippen molar-refractivity contribution < 1.29 is 52.7 Å². The standard InChI is InChI=1S/C41H51NO11/c1-25(2)42(26(3)4)21-20-33(31-14-10-8-11-15-31)34-22-30(18-19-35(34)52-40(47)32-16-12-9-13-17-32)24-48-41-39(51-29(7)46)38(50-28(6)45)37(49-27(5)44)36(23-43)53-41/h8-19,22,25-26,33,36-39,41,43H,20-21,23-24H2,1-7H3/t33?,36-,37-,38+,39-,41-/m1/s1. The summed E-state index contributed by atoms with van der Waals surface area (Å²) in [5, 5.41) is 10.2. The van der Waals surface area contributed by atoms with Gasteiger partial charge in [-0.2, -0.15) is 0 Å². The molecule has 1 unspecified atom stereocenters. The molecule has 12 nitrogen and oxygen atoms in total. The zero-order valence-corrected chi connectivity index (χ0v) is 31.4. The van der Waals surface area contributed by atoms with Gasteiger partial charge in [-0.3, -0.25) is 19.3 Å². The average Bonchev–Trinajstić information content (AvgIpc) is 3.11. The molecule has 0 saturated carbocycles. The largest absolute Gasteiger partial charge is 0.456 e. The van der Waals surface area contributed by atoms with E-state index in [1.807, 2.05) is 30.3 Å². The third-order valence-corrected chi connectivity index (χ3v) is 8.96. The summed E-state index contributed by atoms with van der Waals surface area (Å²) in [6.45, 7) is 12.2. The van der Waals surface area contributed by atoms with Crippen LogP contribution in [0.2, 0.25) is 0 Å². The first kappa shape index (κ1) is 41.1. The monoisotopic (exact) mass is 733 g/mol. The minimum atomic E-state index is -1.34. The van der Waals surface area contributed by atoms with E-state index in [1.54, 1.807) is 36.4 Å². The average molecular weight is 734 g/mol. The molecule has 0 aliphatic carbocycles. The van der Waals surface area contributed by atoms with Crippen LogP contribution in [0.25, 0.3) is 0 Å². The number of aliphatic hydroxyl groups excluding tert-OH is 1. The summed E-state index contributed by atoms with van der Waals surface area (Å²) in [6.07, 6.45) is -5.74. The minimum Gasteiger partial charge on any atom is -0.456 e. The number of nitrogens with zero attached hydrogens (tertiary/aromatic N) is 1. The van der Waals surface area contributed by atoms with Crippen LogP contribution in [0.1, 0.15) is 87.9 Å². The van der Waals surface area contributed by atoms with Gasteiger partial charge in [-0.15, -0.1) is 0 Å². The molecule has 12 heteroatoms. The third-order valence-electron chi connectivity index (χ3n) is 8.96. The normalized spacial score (nSPS) is 20.5. The number of aliphatic hydroxyl groups is 1. The maximum absolute atomic E-state index is 13.4. The second-order valence-electron chi connectivity index (χ2n) is 13.6. The van der Waals surface area contributed by atoms with E-state index in [0.29, 0.717) is 35.4 Å². The van der Waals surface area contributed by atoms with Crippen LogP contribution in [-0.2, 0) is 44.7 Å². The fourth-order valence-electron chi connectivity index (χ4n) is 6.68. The van der Waals surface area contributed by atoms with E-state index in [1.165, 1.54) is 6.92 Å². The first-order chi connectivity index (χ1) is 25.3. The van der Waals surface area contributed by atoms with Crippen LogP contribution >= 0.6 is 0 Å². The molecular weight excluding hydrogens is 682 g/mol. The second-order valence-corrected chi connectivity index (χ2v) is 13.6. The maximum Gasteiger partial charge on any atom is 0.343 e. The zero-order valence-electron chi connectivity index (χ0n) is 31.4. The highest BCUT2D eigenvalue weighted by molar-refractivity contribution is 5.91. The molecule has 1 aliphatic heterocycles. The van der Waals surface area contributed by atoms with Gasteiger partial charge in [0.05, 0.1) is 18.8 Å². The number of carbonyl (C=O) groups is 4. The number of hydrogen-bond donors (Lipinski definition) is 1. The van der Waals surface area contributed by atoms with Crippen molar-refractivity contribution in [1.29, 1.82) is 0 Å². The third kappa shape index (κ3) is 11.4. The Bertz CT molecular complexity index is 1650. The Balaban J connectivity index is 1.73. The number of hydrogen-bond acceptors (Lipinski definition) is 12. The molecule has 3 aromatic rings. The van der Waals surface area contributed by atoms with Crippen LogP contribution in [-0.4, -0.2) is 89.8 Å². The molecule has 286 valence electrons. The summed E-state index contributed by atoms with van der Waals surface area (Å²) in [4.78, 5) is 52.1. The second kappa shape index (κ2) is 19.5. The molecule has 3 aromatic carbocycles. The summed E-state index contributed by atoms with van der Waals surface area (Å²) >= 11 is 0. The molecule has 0 amide bonds. The number of carbonyl (C=O) groups excluding carboxylic acids is 4. The van der Waals surface area contributed by atoms with Gasteiger partial charge in [0.25, 0.3) is 0 Å². The number of benzene rings is 3. The van der Waals surface area contributed by atoms with Crippen LogP contribution in [0, 0.1) is 0 Å². The smallest absolute Gasteiger partial charge is 0.343 e. The van der Waals surface area contributed by atoms with E-state index < -0.39 is 61.2 Å². The van der Waals surface area contributed by atoms with Crippen molar-refractivity contribution in [3.05, 3.63) is 101 Å². The molecule has 1 aliphatic rings. The molecule has 0 spiro atoms. The lowest BCUT2D eigenvalue weighted by Crippen LogP contribution is -2.62. The fourth-order valence-corrected chi connectivity index (χ4v) is 6.68. The summed E-state index contributed by atoms with van der Waals surface area (Å²) in [5.41, 5.74) is 2.87. The Kier molecular flexibility index (Phi) is 15.1. The number of rotatable bonds is 16. The zero-order chi connectivity index (χ0) is 38.7. The van der Waals surface area contributed by atoms with E-state index in [0.717, 1.165) is 31.5 Å². The topological polar surface area (TPSA) is 147 Å². The minimum absolute atomic E-state index is 0.0862. The quantitative estimate of drug-likeness (QED) is 0.111. The Morgan fingerprint density at radius 2 is 1.32 bits per heavy atom. The molecule has 4 rings (SSSR count).